The highest BCUT2D eigenvalue weighted by atomic mass is 16.6. The summed E-state index contributed by atoms with van der Waals surface area (Å²) in [5.41, 5.74) is 3.75. The van der Waals surface area contributed by atoms with Gasteiger partial charge >= 0.3 is 6.09 Å². The Morgan fingerprint density at radius 2 is 1.86 bits per heavy atom. The third-order valence-electron chi connectivity index (χ3n) is 7.80. The van der Waals surface area contributed by atoms with Gasteiger partial charge in [-0.05, 0) is 76.8 Å². The van der Waals surface area contributed by atoms with Gasteiger partial charge in [-0.2, -0.15) is 5.10 Å². The monoisotopic (exact) mass is 501 g/mol. The molecule has 2 aromatic heterocycles. The number of fused-ring (bicyclic) bond motifs is 5. The van der Waals surface area contributed by atoms with Gasteiger partial charge in [-0.1, -0.05) is 0 Å². The number of aromatic nitrogens is 3. The number of rotatable bonds is 3. The van der Waals surface area contributed by atoms with Crippen LogP contribution in [0, 0.1) is 0 Å². The smallest absolute Gasteiger partial charge is 0.410 e. The van der Waals surface area contributed by atoms with Crippen LogP contribution in [-0.4, -0.2) is 63.1 Å². The maximum Gasteiger partial charge on any atom is 0.410 e. The Morgan fingerprint density at radius 1 is 1.11 bits per heavy atom. The van der Waals surface area contributed by atoms with Crippen molar-refractivity contribution in [3.8, 4) is 22.6 Å². The molecule has 1 aromatic carbocycles. The van der Waals surface area contributed by atoms with Crippen LogP contribution in [0.3, 0.4) is 0 Å². The highest BCUT2D eigenvalue weighted by molar-refractivity contribution is 5.75. The topological polar surface area (TPSA) is 72.7 Å². The molecule has 2 saturated heterocycles. The maximum atomic E-state index is 12.9. The van der Waals surface area contributed by atoms with Crippen LogP contribution >= 0.6 is 0 Å². The second kappa shape index (κ2) is 9.08. The van der Waals surface area contributed by atoms with E-state index < -0.39 is 5.60 Å². The lowest BCUT2D eigenvalue weighted by molar-refractivity contribution is 0.00597. The molecule has 37 heavy (non-hydrogen) atoms. The number of anilines is 1. The van der Waals surface area contributed by atoms with E-state index in [0.29, 0.717) is 12.6 Å². The first kappa shape index (κ1) is 23.8. The summed E-state index contributed by atoms with van der Waals surface area (Å²) < 4.78 is 13.7. The van der Waals surface area contributed by atoms with Crippen LogP contribution < -0.4 is 9.64 Å². The standard InChI is InChI=1S/C29H35N5O3/c1-29(2,3)37-28(35)34-20-6-7-21(34)17-22(16-20)32(4)27-11-10-23-24-9-8-19(33-14-5-13-30-33)18-26(24)36-15-12-25(23)31-27/h5,8-11,13-14,18,20-22H,6-7,12,15-17H2,1-4H3/t20-,21+,22+. The molecule has 0 radical (unpaired) electrons. The fourth-order valence-corrected chi connectivity index (χ4v) is 6.06. The molecule has 2 fully saturated rings. The van der Waals surface area contributed by atoms with Crippen LogP contribution in [0.15, 0.2) is 48.8 Å². The van der Waals surface area contributed by atoms with Crippen molar-refractivity contribution in [2.75, 3.05) is 18.6 Å². The van der Waals surface area contributed by atoms with Crippen LogP contribution in [0.5, 0.6) is 5.75 Å². The molecule has 0 unspecified atom stereocenters. The van der Waals surface area contributed by atoms with Crippen molar-refractivity contribution in [3.63, 3.8) is 0 Å². The molecule has 0 N–H and O–H groups in total. The molecule has 3 aromatic rings. The van der Waals surface area contributed by atoms with Crippen LogP contribution in [0.2, 0.25) is 0 Å². The van der Waals surface area contributed by atoms with Gasteiger partial charge in [0.2, 0.25) is 0 Å². The van der Waals surface area contributed by atoms with Crippen LogP contribution in [0.25, 0.3) is 16.8 Å². The van der Waals surface area contributed by atoms with E-state index in [1.807, 2.05) is 48.7 Å². The molecule has 0 aliphatic carbocycles. The lowest BCUT2D eigenvalue weighted by atomic mass is 9.96. The minimum absolute atomic E-state index is 0.168. The van der Waals surface area contributed by atoms with Crippen LogP contribution in [0.1, 0.15) is 52.1 Å². The molecule has 0 saturated carbocycles. The molecule has 0 spiro atoms. The molecule has 3 aliphatic rings. The zero-order valence-electron chi connectivity index (χ0n) is 22.1. The Bertz CT molecular complexity index is 1290. The Kier molecular flexibility index (Phi) is 5.85. The number of ether oxygens (including phenoxy) is 2. The maximum absolute atomic E-state index is 12.9. The third-order valence-corrected chi connectivity index (χ3v) is 7.80. The van der Waals surface area contributed by atoms with Crippen molar-refractivity contribution in [2.24, 2.45) is 0 Å². The summed E-state index contributed by atoms with van der Waals surface area (Å²) in [4.78, 5) is 22.3. The SMILES string of the molecule is CN(c1ccc2c(n1)CCOc1cc(-n3cccn3)ccc1-2)[C@H]1C[C@H]2CC[C@@H](C1)N2C(=O)OC(C)(C)C. The summed E-state index contributed by atoms with van der Waals surface area (Å²) in [6, 6.07) is 13.2. The summed E-state index contributed by atoms with van der Waals surface area (Å²) in [5, 5.41) is 4.34. The molecule has 194 valence electrons. The lowest BCUT2D eigenvalue weighted by Gasteiger charge is -2.42. The Balaban J connectivity index is 1.21. The van der Waals surface area contributed by atoms with Gasteiger partial charge < -0.3 is 19.3 Å². The lowest BCUT2D eigenvalue weighted by Crippen LogP contribution is -2.53. The summed E-state index contributed by atoms with van der Waals surface area (Å²) in [5.74, 6) is 1.84. The summed E-state index contributed by atoms with van der Waals surface area (Å²) in [7, 11) is 2.14. The Morgan fingerprint density at radius 3 is 2.57 bits per heavy atom. The highest BCUT2D eigenvalue weighted by Gasteiger charge is 2.46. The molecule has 8 heteroatoms. The number of piperidine rings is 1. The normalized spacial score (nSPS) is 22.5. The van der Waals surface area contributed by atoms with E-state index in [-0.39, 0.29) is 18.2 Å². The van der Waals surface area contributed by atoms with Gasteiger partial charge in [0.05, 0.1) is 18.0 Å². The number of carbonyl (C=O) groups is 1. The van der Waals surface area contributed by atoms with E-state index in [9.17, 15) is 4.79 Å². The predicted octanol–water partition coefficient (Wildman–Crippen LogP) is 5.24. The molecule has 3 atom stereocenters. The number of amides is 1. The molecule has 3 aliphatic heterocycles. The second-order valence-corrected chi connectivity index (χ2v) is 11.4. The number of carbonyl (C=O) groups excluding carboxylic acids is 1. The highest BCUT2D eigenvalue weighted by Crippen LogP contribution is 2.40. The van der Waals surface area contributed by atoms with Crippen LogP contribution in [-0.2, 0) is 11.2 Å². The van der Waals surface area contributed by atoms with E-state index in [4.69, 9.17) is 14.5 Å². The van der Waals surface area contributed by atoms with Gasteiger partial charge in [-0.15, -0.1) is 0 Å². The first-order chi connectivity index (χ1) is 17.8. The van der Waals surface area contributed by atoms with Gasteiger partial charge in [-0.25, -0.2) is 14.5 Å². The summed E-state index contributed by atoms with van der Waals surface area (Å²) in [6.07, 6.45) is 8.25. The first-order valence-corrected chi connectivity index (χ1v) is 13.3. The van der Waals surface area contributed by atoms with E-state index in [1.165, 1.54) is 0 Å². The molecule has 5 heterocycles. The number of nitrogens with zero attached hydrogens (tertiary/aromatic N) is 5. The molecule has 1 amide bonds. The van der Waals surface area contributed by atoms with E-state index in [1.54, 1.807) is 6.20 Å². The quantitative estimate of drug-likeness (QED) is 0.489. The Labute approximate surface area is 218 Å². The third kappa shape index (κ3) is 4.54. The fourth-order valence-electron chi connectivity index (χ4n) is 6.06. The number of pyridine rings is 1. The molecule has 2 bridgehead atoms. The van der Waals surface area contributed by atoms with E-state index >= 15 is 0 Å². The number of hydrogen-bond acceptors (Lipinski definition) is 6. The van der Waals surface area contributed by atoms with E-state index in [2.05, 4.69) is 41.3 Å². The minimum Gasteiger partial charge on any atom is -0.492 e. The van der Waals surface area contributed by atoms with Crippen molar-refractivity contribution in [2.45, 2.75) is 76.6 Å². The average molecular weight is 502 g/mol. The summed E-state index contributed by atoms with van der Waals surface area (Å²) >= 11 is 0. The molecular weight excluding hydrogens is 466 g/mol. The van der Waals surface area contributed by atoms with Gasteiger partial charge in [0, 0.05) is 61.2 Å². The van der Waals surface area contributed by atoms with Gasteiger partial charge in [0.15, 0.2) is 0 Å². The van der Waals surface area contributed by atoms with Gasteiger partial charge in [0.25, 0.3) is 0 Å². The Hall–Kier alpha value is -3.55. The van der Waals surface area contributed by atoms with Crippen molar-refractivity contribution in [1.29, 1.82) is 0 Å². The number of benzene rings is 1. The van der Waals surface area contributed by atoms with Crippen molar-refractivity contribution in [3.05, 3.63) is 54.5 Å². The first-order valence-electron chi connectivity index (χ1n) is 13.3. The van der Waals surface area contributed by atoms with Crippen molar-refractivity contribution < 1.29 is 14.3 Å². The molecule has 8 nitrogen and oxygen atoms in total. The zero-order chi connectivity index (χ0) is 25.7. The largest absolute Gasteiger partial charge is 0.492 e. The van der Waals surface area contributed by atoms with Gasteiger partial charge in [0.1, 0.15) is 17.2 Å². The average Bonchev–Trinajstić information content (AvgIpc) is 3.44. The van der Waals surface area contributed by atoms with Gasteiger partial charge in [-0.3, -0.25) is 0 Å². The molecule has 6 rings (SSSR count). The summed E-state index contributed by atoms with van der Waals surface area (Å²) in [6.45, 7) is 6.37. The predicted molar refractivity (Wildman–Crippen MR) is 142 cm³/mol. The molecular formula is C29H35N5O3. The minimum atomic E-state index is -0.473. The zero-order valence-corrected chi connectivity index (χ0v) is 22.1. The van der Waals surface area contributed by atoms with E-state index in [0.717, 1.165) is 66.2 Å². The van der Waals surface area contributed by atoms with Crippen molar-refractivity contribution in [1.82, 2.24) is 19.7 Å². The fraction of sp³-hybridized carbons (Fsp3) is 0.483. The van der Waals surface area contributed by atoms with Crippen LogP contribution in [0.4, 0.5) is 10.6 Å². The van der Waals surface area contributed by atoms with Crippen molar-refractivity contribution >= 4 is 11.9 Å². The second-order valence-electron chi connectivity index (χ2n) is 11.4. The number of hydrogen-bond donors (Lipinski definition) is 0.